The molecule has 1 atom stereocenters. The summed E-state index contributed by atoms with van der Waals surface area (Å²) in [6.07, 6.45) is 6.54. The van der Waals surface area contributed by atoms with Gasteiger partial charge in [0.05, 0.1) is 6.04 Å². The topological polar surface area (TPSA) is 28.4 Å². The van der Waals surface area contributed by atoms with Crippen molar-refractivity contribution >= 4 is 24.8 Å². The van der Waals surface area contributed by atoms with Gasteiger partial charge in [0.1, 0.15) is 11.5 Å². The van der Waals surface area contributed by atoms with Gasteiger partial charge in [-0.05, 0) is 30.9 Å². The van der Waals surface area contributed by atoms with E-state index in [9.17, 15) is 0 Å². The molecule has 1 aromatic rings. The van der Waals surface area contributed by atoms with Crippen LogP contribution in [0.25, 0.3) is 0 Å². The number of piperazine rings is 1. The molecule has 0 aromatic carbocycles. The number of halogens is 2. The molecule has 5 heteroatoms. The smallest absolute Gasteiger partial charge is 0.121 e. The van der Waals surface area contributed by atoms with Gasteiger partial charge in [-0.25, -0.2) is 0 Å². The third kappa shape index (κ3) is 4.38. The molecule has 1 saturated carbocycles. The van der Waals surface area contributed by atoms with Crippen LogP contribution < -0.4 is 5.32 Å². The quantitative estimate of drug-likeness (QED) is 0.907. The van der Waals surface area contributed by atoms with Crippen molar-refractivity contribution in [3.8, 4) is 0 Å². The normalized spacial score (nSPS) is 21.6. The minimum absolute atomic E-state index is 0. The molecule has 0 spiro atoms. The Hall–Kier alpha value is -0.220. The molecule has 2 fully saturated rings. The molecule has 2 heterocycles. The van der Waals surface area contributed by atoms with Crippen molar-refractivity contribution in [1.29, 1.82) is 0 Å². The number of nitrogens with one attached hydrogen (secondary N) is 1. The Bertz CT molecular complexity index is 399. The maximum Gasteiger partial charge on any atom is 0.121 e. The SMILES string of the molecule is CCc1ccc([C@@H](C2CCCC2)N2CCNCC2)o1.Cl.Cl. The van der Waals surface area contributed by atoms with E-state index in [2.05, 4.69) is 29.3 Å². The molecule has 1 saturated heterocycles. The van der Waals surface area contributed by atoms with Crippen LogP contribution in [0.3, 0.4) is 0 Å². The van der Waals surface area contributed by atoms with E-state index >= 15 is 0 Å². The van der Waals surface area contributed by atoms with E-state index in [0.29, 0.717) is 6.04 Å². The highest BCUT2D eigenvalue weighted by atomic mass is 35.5. The summed E-state index contributed by atoms with van der Waals surface area (Å²) >= 11 is 0. The van der Waals surface area contributed by atoms with Crippen LogP contribution in [0.4, 0.5) is 0 Å². The average Bonchev–Trinajstić information content (AvgIpc) is 3.12. The van der Waals surface area contributed by atoms with E-state index < -0.39 is 0 Å². The van der Waals surface area contributed by atoms with Crippen LogP contribution in [-0.2, 0) is 6.42 Å². The maximum absolute atomic E-state index is 6.10. The Morgan fingerprint density at radius 3 is 2.43 bits per heavy atom. The molecule has 0 unspecified atom stereocenters. The van der Waals surface area contributed by atoms with Crippen molar-refractivity contribution in [2.75, 3.05) is 26.2 Å². The summed E-state index contributed by atoms with van der Waals surface area (Å²) < 4.78 is 6.10. The fourth-order valence-corrected chi connectivity index (χ4v) is 3.69. The first-order valence-corrected chi connectivity index (χ1v) is 7.92. The first-order chi connectivity index (χ1) is 9.38. The summed E-state index contributed by atoms with van der Waals surface area (Å²) in [5, 5.41) is 3.46. The lowest BCUT2D eigenvalue weighted by molar-refractivity contribution is 0.106. The van der Waals surface area contributed by atoms with E-state index in [1.54, 1.807) is 0 Å². The Balaban J connectivity index is 0.00000110. The minimum Gasteiger partial charge on any atom is -0.464 e. The first-order valence-electron chi connectivity index (χ1n) is 7.92. The Morgan fingerprint density at radius 2 is 1.86 bits per heavy atom. The van der Waals surface area contributed by atoms with E-state index in [0.717, 1.165) is 44.3 Å². The molecule has 3 rings (SSSR count). The van der Waals surface area contributed by atoms with Crippen molar-refractivity contribution in [1.82, 2.24) is 10.2 Å². The number of aryl methyl sites for hydroxylation is 1. The van der Waals surface area contributed by atoms with Gasteiger partial charge in [-0.15, -0.1) is 24.8 Å². The van der Waals surface area contributed by atoms with Crippen LogP contribution in [0.1, 0.15) is 50.2 Å². The molecule has 1 N–H and O–H groups in total. The molecule has 21 heavy (non-hydrogen) atoms. The summed E-state index contributed by atoms with van der Waals surface area (Å²) in [6.45, 7) is 6.71. The molecule has 122 valence electrons. The highest BCUT2D eigenvalue weighted by Crippen LogP contribution is 2.40. The van der Waals surface area contributed by atoms with E-state index in [1.807, 2.05) is 0 Å². The van der Waals surface area contributed by atoms with Gasteiger partial charge in [0, 0.05) is 32.6 Å². The lowest BCUT2D eigenvalue weighted by Gasteiger charge is -2.37. The fourth-order valence-electron chi connectivity index (χ4n) is 3.69. The number of hydrogen-bond acceptors (Lipinski definition) is 3. The van der Waals surface area contributed by atoms with Gasteiger partial charge in [0.15, 0.2) is 0 Å². The van der Waals surface area contributed by atoms with Crippen LogP contribution in [0.15, 0.2) is 16.5 Å². The Morgan fingerprint density at radius 1 is 1.19 bits per heavy atom. The number of furan rings is 1. The summed E-state index contributed by atoms with van der Waals surface area (Å²) in [4.78, 5) is 2.64. The highest BCUT2D eigenvalue weighted by Gasteiger charge is 2.33. The lowest BCUT2D eigenvalue weighted by Crippen LogP contribution is -2.46. The van der Waals surface area contributed by atoms with Gasteiger partial charge >= 0.3 is 0 Å². The summed E-state index contributed by atoms with van der Waals surface area (Å²) in [5.74, 6) is 3.15. The Labute approximate surface area is 140 Å². The van der Waals surface area contributed by atoms with Crippen LogP contribution in [0.5, 0.6) is 0 Å². The zero-order valence-electron chi connectivity index (χ0n) is 12.8. The molecule has 0 bridgehead atoms. The second-order valence-electron chi connectivity index (χ2n) is 5.93. The second kappa shape index (κ2) is 9.04. The molecule has 1 aliphatic heterocycles. The van der Waals surface area contributed by atoms with Crippen LogP contribution in [0.2, 0.25) is 0 Å². The van der Waals surface area contributed by atoms with Crippen molar-refractivity contribution in [2.24, 2.45) is 5.92 Å². The fraction of sp³-hybridized carbons (Fsp3) is 0.750. The summed E-state index contributed by atoms with van der Waals surface area (Å²) in [5.41, 5.74) is 0. The first kappa shape index (κ1) is 18.8. The maximum atomic E-state index is 6.10. The average molecular weight is 335 g/mol. The Kier molecular flexibility index (Phi) is 8.10. The van der Waals surface area contributed by atoms with Crippen LogP contribution >= 0.6 is 24.8 Å². The number of rotatable bonds is 4. The van der Waals surface area contributed by atoms with Gasteiger partial charge in [-0.1, -0.05) is 19.8 Å². The third-order valence-corrected chi connectivity index (χ3v) is 4.71. The van der Waals surface area contributed by atoms with Gasteiger partial charge < -0.3 is 9.73 Å². The number of nitrogens with zero attached hydrogens (tertiary/aromatic N) is 1. The van der Waals surface area contributed by atoms with Gasteiger partial charge in [-0.2, -0.15) is 0 Å². The largest absolute Gasteiger partial charge is 0.464 e. The lowest BCUT2D eigenvalue weighted by atomic mass is 9.94. The molecule has 1 aliphatic carbocycles. The van der Waals surface area contributed by atoms with Crippen molar-refractivity contribution in [2.45, 2.75) is 45.1 Å². The zero-order valence-corrected chi connectivity index (χ0v) is 14.5. The van der Waals surface area contributed by atoms with Gasteiger partial charge in [-0.3, -0.25) is 4.90 Å². The van der Waals surface area contributed by atoms with Crippen molar-refractivity contribution < 1.29 is 4.42 Å². The molecule has 2 aliphatic rings. The summed E-state index contributed by atoms with van der Waals surface area (Å²) in [7, 11) is 0. The molecule has 0 radical (unpaired) electrons. The second-order valence-corrected chi connectivity index (χ2v) is 5.93. The summed E-state index contributed by atoms with van der Waals surface area (Å²) in [6, 6.07) is 4.91. The third-order valence-electron chi connectivity index (χ3n) is 4.71. The monoisotopic (exact) mass is 334 g/mol. The van der Waals surface area contributed by atoms with Crippen molar-refractivity contribution in [3.05, 3.63) is 23.7 Å². The standard InChI is InChI=1S/C16H26N2O.2ClH/c1-2-14-7-8-15(19-14)16(13-5-3-4-6-13)18-11-9-17-10-12-18;;/h7-8,13,16-17H,2-6,9-12H2,1H3;2*1H/t16-;;/m1../s1. The molecular weight excluding hydrogens is 307 g/mol. The van der Waals surface area contributed by atoms with E-state index in [-0.39, 0.29) is 24.8 Å². The molecule has 3 nitrogen and oxygen atoms in total. The predicted molar refractivity (Wildman–Crippen MR) is 91.7 cm³/mol. The van der Waals surface area contributed by atoms with Crippen molar-refractivity contribution in [3.63, 3.8) is 0 Å². The zero-order chi connectivity index (χ0) is 13.1. The van der Waals surface area contributed by atoms with Crippen LogP contribution in [0, 0.1) is 5.92 Å². The van der Waals surface area contributed by atoms with Gasteiger partial charge in [0.2, 0.25) is 0 Å². The predicted octanol–water partition coefficient (Wildman–Crippen LogP) is 3.82. The highest BCUT2D eigenvalue weighted by molar-refractivity contribution is 5.85. The molecule has 1 aromatic heterocycles. The molecule has 0 amide bonds. The molecular formula is C16H28Cl2N2O. The number of hydrogen-bond donors (Lipinski definition) is 1. The van der Waals surface area contributed by atoms with Gasteiger partial charge in [0.25, 0.3) is 0 Å². The minimum atomic E-state index is 0. The van der Waals surface area contributed by atoms with E-state index in [1.165, 1.54) is 31.4 Å². The van der Waals surface area contributed by atoms with Crippen LogP contribution in [-0.4, -0.2) is 31.1 Å². The van der Waals surface area contributed by atoms with E-state index in [4.69, 9.17) is 4.42 Å².